The maximum Gasteiger partial charge on any atom is 0.228 e. The fraction of sp³-hybridized carbons (Fsp3) is 0.0588. The van der Waals surface area contributed by atoms with Crippen LogP contribution in [0.2, 0.25) is 0 Å². The molecular formula is C17H13N4O3S-. The van der Waals surface area contributed by atoms with E-state index in [1.807, 2.05) is 24.4 Å². The molecule has 0 saturated heterocycles. The number of nitrogens with one attached hydrogen (secondary N) is 2. The van der Waals surface area contributed by atoms with E-state index >= 15 is 0 Å². The monoisotopic (exact) mass is 353 g/mol. The lowest BCUT2D eigenvalue weighted by atomic mass is 10.0. The molecule has 1 aliphatic heterocycles. The van der Waals surface area contributed by atoms with Crippen molar-refractivity contribution in [1.82, 2.24) is 9.78 Å². The quantitative estimate of drug-likeness (QED) is 0.703. The predicted octanol–water partition coefficient (Wildman–Crippen LogP) is 2.24. The minimum atomic E-state index is -2.34. The zero-order valence-corrected chi connectivity index (χ0v) is 13.7. The zero-order valence-electron chi connectivity index (χ0n) is 12.9. The standard InChI is InChI=1S/C17H14N4O3S/c22-17-8-12-7-11(1-6-16(12)19-17)13-9-18-21(10-13)15-4-2-14(3-5-15)20-25(23)24/h1-7,9-10,20H,8H2,(H,19,22)(H,23,24)/p-1. The molecule has 2 heterocycles. The Morgan fingerprint density at radius 2 is 1.96 bits per heavy atom. The number of fused-ring (bicyclic) bond motifs is 1. The van der Waals surface area contributed by atoms with Crippen molar-refractivity contribution in [3.8, 4) is 16.8 Å². The van der Waals surface area contributed by atoms with E-state index in [0.717, 1.165) is 28.1 Å². The number of amides is 1. The molecule has 25 heavy (non-hydrogen) atoms. The highest BCUT2D eigenvalue weighted by molar-refractivity contribution is 7.80. The number of anilines is 2. The molecule has 1 unspecified atom stereocenters. The molecule has 4 rings (SSSR count). The normalized spacial score (nSPS) is 14.0. The Balaban J connectivity index is 1.59. The number of hydrogen-bond acceptors (Lipinski definition) is 4. The number of nitrogens with zero attached hydrogens (tertiary/aromatic N) is 2. The fourth-order valence-corrected chi connectivity index (χ4v) is 3.13. The molecule has 0 radical (unpaired) electrons. The molecule has 8 heteroatoms. The van der Waals surface area contributed by atoms with E-state index in [1.165, 1.54) is 0 Å². The van der Waals surface area contributed by atoms with E-state index in [9.17, 15) is 13.6 Å². The van der Waals surface area contributed by atoms with Gasteiger partial charge in [0.15, 0.2) is 0 Å². The molecular weight excluding hydrogens is 340 g/mol. The van der Waals surface area contributed by atoms with Crippen LogP contribution in [0.3, 0.4) is 0 Å². The summed E-state index contributed by atoms with van der Waals surface area (Å²) in [5.41, 5.74) is 5.06. The molecule has 0 aliphatic carbocycles. The maximum absolute atomic E-state index is 11.5. The van der Waals surface area contributed by atoms with Crippen molar-refractivity contribution < 1.29 is 13.6 Å². The van der Waals surface area contributed by atoms with Crippen molar-refractivity contribution >= 4 is 28.5 Å². The van der Waals surface area contributed by atoms with Gasteiger partial charge in [-0.15, -0.1) is 0 Å². The Morgan fingerprint density at radius 1 is 1.16 bits per heavy atom. The summed E-state index contributed by atoms with van der Waals surface area (Å²) in [5, 5.41) is 7.17. The highest BCUT2D eigenvalue weighted by Crippen LogP contribution is 2.29. The highest BCUT2D eigenvalue weighted by atomic mass is 32.2. The summed E-state index contributed by atoms with van der Waals surface area (Å²) in [6, 6.07) is 12.7. The number of benzene rings is 2. The van der Waals surface area contributed by atoms with E-state index in [4.69, 9.17) is 0 Å². The van der Waals surface area contributed by atoms with Gasteiger partial charge in [-0.25, -0.2) is 4.68 Å². The molecule has 1 atom stereocenters. The van der Waals surface area contributed by atoms with Gasteiger partial charge >= 0.3 is 0 Å². The van der Waals surface area contributed by atoms with Crippen LogP contribution in [-0.4, -0.2) is 24.4 Å². The van der Waals surface area contributed by atoms with E-state index < -0.39 is 11.3 Å². The van der Waals surface area contributed by atoms with Gasteiger partial charge in [-0.1, -0.05) is 6.07 Å². The number of carbonyl (C=O) groups excluding carboxylic acids is 1. The second-order valence-corrected chi connectivity index (χ2v) is 6.33. The molecule has 0 saturated carbocycles. The summed E-state index contributed by atoms with van der Waals surface area (Å²) in [6.07, 6.45) is 4.04. The Bertz CT molecular complexity index is 982. The minimum Gasteiger partial charge on any atom is -0.755 e. The minimum absolute atomic E-state index is 0.00977. The average Bonchev–Trinajstić information content (AvgIpc) is 3.20. The molecule has 0 bridgehead atoms. The van der Waals surface area contributed by atoms with Crippen molar-refractivity contribution in [2.45, 2.75) is 6.42 Å². The Morgan fingerprint density at radius 3 is 2.72 bits per heavy atom. The molecule has 2 N–H and O–H groups in total. The van der Waals surface area contributed by atoms with Gasteiger partial charge in [0.05, 0.1) is 18.3 Å². The molecule has 3 aromatic rings. The number of rotatable bonds is 4. The van der Waals surface area contributed by atoms with Crippen molar-refractivity contribution in [2.24, 2.45) is 0 Å². The molecule has 0 spiro atoms. The van der Waals surface area contributed by atoms with Crippen LogP contribution in [-0.2, 0) is 22.5 Å². The largest absolute Gasteiger partial charge is 0.755 e. The van der Waals surface area contributed by atoms with Gasteiger partial charge < -0.3 is 14.6 Å². The van der Waals surface area contributed by atoms with E-state index in [1.54, 1.807) is 35.1 Å². The third-order valence-corrected chi connectivity index (χ3v) is 4.38. The molecule has 1 aliphatic rings. The number of aromatic nitrogens is 2. The second kappa shape index (κ2) is 6.15. The molecule has 1 amide bonds. The van der Waals surface area contributed by atoms with Gasteiger partial charge in [-0.2, -0.15) is 5.10 Å². The second-order valence-electron chi connectivity index (χ2n) is 5.65. The fourth-order valence-electron chi connectivity index (χ4n) is 2.80. The first-order valence-electron chi connectivity index (χ1n) is 7.53. The summed E-state index contributed by atoms with van der Waals surface area (Å²) in [4.78, 5) is 11.5. The van der Waals surface area contributed by atoms with Crippen molar-refractivity contribution in [3.05, 3.63) is 60.4 Å². The average molecular weight is 353 g/mol. The summed E-state index contributed by atoms with van der Waals surface area (Å²) < 4.78 is 25.3. The lowest BCUT2D eigenvalue weighted by Crippen LogP contribution is -2.03. The number of carbonyl (C=O) groups is 1. The van der Waals surface area contributed by atoms with Crippen LogP contribution in [0, 0.1) is 0 Å². The Labute approximate surface area is 146 Å². The van der Waals surface area contributed by atoms with E-state index in [0.29, 0.717) is 12.1 Å². The van der Waals surface area contributed by atoms with Gasteiger partial charge in [0.25, 0.3) is 0 Å². The molecule has 1 aromatic heterocycles. The Hall–Kier alpha value is -2.97. The molecule has 0 fully saturated rings. The van der Waals surface area contributed by atoms with E-state index in [-0.39, 0.29) is 5.91 Å². The van der Waals surface area contributed by atoms with Crippen molar-refractivity contribution in [3.63, 3.8) is 0 Å². The molecule has 126 valence electrons. The van der Waals surface area contributed by atoms with Crippen LogP contribution in [0.5, 0.6) is 0 Å². The number of hydrogen-bond donors (Lipinski definition) is 2. The zero-order chi connectivity index (χ0) is 17.4. The lowest BCUT2D eigenvalue weighted by Gasteiger charge is -2.09. The summed E-state index contributed by atoms with van der Waals surface area (Å²) in [7, 11) is 0. The first kappa shape index (κ1) is 15.6. The van der Waals surface area contributed by atoms with Gasteiger partial charge in [0, 0.05) is 34.4 Å². The molecule has 7 nitrogen and oxygen atoms in total. The first-order valence-corrected chi connectivity index (χ1v) is 8.60. The van der Waals surface area contributed by atoms with Crippen molar-refractivity contribution in [1.29, 1.82) is 0 Å². The Kier molecular flexibility index (Phi) is 3.83. The van der Waals surface area contributed by atoms with Gasteiger partial charge in [-0.05, 0) is 47.5 Å². The summed E-state index contributed by atoms with van der Waals surface area (Å²) in [5.74, 6) is 0.00977. The van der Waals surface area contributed by atoms with Gasteiger partial charge in [0.1, 0.15) is 0 Å². The maximum atomic E-state index is 11.5. The van der Waals surface area contributed by atoms with Crippen molar-refractivity contribution in [2.75, 3.05) is 10.0 Å². The van der Waals surface area contributed by atoms with Gasteiger partial charge in [-0.3, -0.25) is 9.00 Å². The SMILES string of the molecule is O=C1Cc2cc(-c3cnn(-c4ccc(NS(=O)[O-])cc4)c3)ccc2N1. The smallest absolute Gasteiger partial charge is 0.228 e. The van der Waals surface area contributed by atoms with Crippen LogP contribution in [0.25, 0.3) is 16.8 Å². The third kappa shape index (κ3) is 3.17. The molecule has 2 aromatic carbocycles. The van der Waals surface area contributed by atoms with Crippen LogP contribution in [0.4, 0.5) is 11.4 Å². The van der Waals surface area contributed by atoms with E-state index in [2.05, 4.69) is 15.1 Å². The first-order chi connectivity index (χ1) is 12.1. The van der Waals surface area contributed by atoms with Gasteiger partial charge in [0.2, 0.25) is 5.91 Å². The topological polar surface area (TPSA) is 99.1 Å². The predicted molar refractivity (Wildman–Crippen MR) is 93.9 cm³/mol. The van der Waals surface area contributed by atoms with Crippen LogP contribution < -0.4 is 10.0 Å². The summed E-state index contributed by atoms with van der Waals surface area (Å²) >= 11 is -2.34. The highest BCUT2D eigenvalue weighted by Gasteiger charge is 2.18. The van der Waals surface area contributed by atoms with Crippen LogP contribution in [0.15, 0.2) is 54.9 Å². The van der Waals surface area contributed by atoms with Crippen LogP contribution in [0.1, 0.15) is 5.56 Å². The summed E-state index contributed by atoms with van der Waals surface area (Å²) in [6.45, 7) is 0. The lowest BCUT2D eigenvalue weighted by molar-refractivity contribution is -0.115. The van der Waals surface area contributed by atoms with Crippen LogP contribution >= 0.6 is 0 Å². The third-order valence-electron chi connectivity index (χ3n) is 3.98.